The Morgan fingerprint density at radius 1 is 1.17 bits per heavy atom. The third-order valence-electron chi connectivity index (χ3n) is 4.28. The molecule has 23 heavy (non-hydrogen) atoms. The van der Waals surface area contributed by atoms with Crippen molar-refractivity contribution in [1.82, 2.24) is 29.9 Å². The minimum absolute atomic E-state index is 0.159. The van der Waals surface area contributed by atoms with E-state index in [2.05, 4.69) is 36.1 Å². The highest BCUT2D eigenvalue weighted by molar-refractivity contribution is 5.88. The Bertz CT molecular complexity index is 869. The van der Waals surface area contributed by atoms with Crippen molar-refractivity contribution in [2.24, 2.45) is 7.05 Å². The van der Waals surface area contributed by atoms with E-state index < -0.39 is 0 Å². The number of nitrogens with zero attached hydrogens (tertiary/aromatic N) is 5. The van der Waals surface area contributed by atoms with Crippen LogP contribution in [0.15, 0.2) is 29.2 Å². The molecular weight excluding hydrogens is 294 g/mol. The van der Waals surface area contributed by atoms with E-state index in [1.165, 1.54) is 0 Å². The van der Waals surface area contributed by atoms with Gasteiger partial charge in [-0.2, -0.15) is 0 Å². The van der Waals surface area contributed by atoms with Crippen LogP contribution in [0.4, 0.5) is 5.69 Å². The number of H-pyrrole nitrogens is 2. The highest BCUT2D eigenvalue weighted by atomic mass is 16.1. The number of piperazine rings is 1. The Hall–Kier alpha value is -2.61. The highest BCUT2D eigenvalue weighted by Gasteiger charge is 2.20. The lowest BCUT2D eigenvalue weighted by Gasteiger charge is -2.35. The zero-order valence-electron chi connectivity index (χ0n) is 13.0. The van der Waals surface area contributed by atoms with E-state index in [0.29, 0.717) is 0 Å². The van der Waals surface area contributed by atoms with Crippen LogP contribution in [0.1, 0.15) is 5.69 Å². The largest absolute Gasteiger partial charge is 0.367 e. The number of anilines is 1. The van der Waals surface area contributed by atoms with Gasteiger partial charge < -0.3 is 14.9 Å². The number of nitrogens with one attached hydrogen (secondary N) is 2. The topological polar surface area (TPSA) is 85.8 Å². The van der Waals surface area contributed by atoms with Gasteiger partial charge in [0.05, 0.1) is 22.4 Å². The van der Waals surface area contributed by atoms with Gasteiger partial charge in [0, 0.05) is 46.0 Å². The summed E-state index contributed by atoms with van der Waals surface area (Å²) < 4.78 is 1.73. The second-order valence-electron chi connectivity index (χ2n) is 5.93. The van der Waals surface area contributed by atoms with Gasteiger partial charge in [-0.25, -0.2) is 4.79 Å². The number of hydrogen-bond donors (Lipinski definition) is 2. The predicted octanol–water partition coefficient (Wildman–Crippen LogP) is 0.307. The van der Waals surface area contributed by atoms with Crippen molar-refractivity contribution >= 4 is 16.7 Å². The molecule has 1 aromatic carbocycles. The number of aromatic nitrogens is 5. The van der Waals surface area contributed by atoms with Crippen molar-refractivity contribution in [3.8, 4) is 0 Å². The van der Waals surface area contributed by atoms with Crippen LogP contribution in [-0.2, 0) is 13.6 Å². The van der Waals surface area contributed by atoms with Crippen molar-refractivity contribution in [1.29, 1.82) is 0 Å². The molecule has 0 atom stereocenters. The summed E-state index contributed by atoms with van der Waals surface area (Å²) in [5.74, 6) is 0. The lowest BCUT2D eigenvalue weighted by molar-refractivity contribution is 0.247. The number of imidazole rings is 1. The summed E-state index contributed by atoms with van der Waals surface area (Å²) in [7, 11) is 1.88. The Morgan fingerprint density at radius 2 is 2.00 bits per heavy atom. The van der Waals surface area contributed by atoms with E-state index in [-0.39, 0.29) is 5.69 Å². The van der Waals surface area contributed by atoms with Crippen LogP contribution in [-0.4, -0.2) is 56.0 Å². The molecule has 1 aliphatic rings. The SMILES string of the molecule is Cn1cc(CN2CCN(c3cccc4[nH]c(=O)[nH]c34)CC2)nn1. The van der Waals surface area contributed by atoms with E-state index in [4.69, 9.17) is 0 Å². The van der Waals surface area contributed by atoms with Crippen LogP contribution in [0.5, 0.6) is 0 Å². The van der Waals surface area contributed by atoms with Gasteiger partial charge in [-0.15, -0.1) is 5.10 Å². The van der Waals surface area contributed by atoms with E-state index >= 15 is 0 Å². The maximum atomic E-state index is 11.5. The van der Waals surface area contributed by atoms with Gasteiger partial charge in [-0.05, 0) is 12.1 Å². The van der Waals surface area contributed by atoms with Crippen molar-refractivity contribution in [2.45, 2.75) is 6.54 Å². The monoisotopic (exact) mass is 313 g/mol. The number of fused-ring (bicyclic) bond motifs is 1. The minimum Gasteiger partial charge on any atom is -0.367 e. The Labute approximate surface area is 132 Å². The second kappa shape index (κ2) is 5.54. The van der Waals surface area contributed by atoms with Gasteiger partial charge in [-0.3, -0.25) is 9.58 Å². The molecule has 4 rings (SSSR count). The van der Waals surface area contributed by atoms with Crippen LogP contribution >= 0.6 is 0 Å². The van der Waals surface area contributed by atoms with Crippen LogP contribution in [0.3, 0.4) is 0 Å². The van der Waals surface area contributed by atoms with E-state index in [1.54, 1.807) is 4.68 Å². The van der Waals surface area contributed by atoms with Crippen LogP contribution in [0, 0.1) is 0 Å². The number of hydrogen-bond acceptors (Lipinski definition) is 5. The molecule has 1 saturated heterocycles. The molecule has 1 aliphatic heterocycles. The third kappa shape index (κ3) is 2.72. The standard InChI is InChI=1S/C15H19N7O/c1-20-9-11(18-19-20)10-21-5-7-22(8-6-21)13-4-2-3-12-14(13)17-15(23)16-12/h2-4,9H,5-8,10H2,1H3,(H2,16,17,23). The van der Waals surface area contributed by atoms with Crippen molar-refractivity contribution in [3.05, 3.63) is 40.6 Å². The number of benzene rings is 1. The minimum atomic E-state index is -0.159. The highest BCUT2D eigenvalue weighted by Crippen LogP contribution is 2.24. The first kappa shape index (κ1) is 14.0. The second-order valence-corrected chi connectivity index (χ2v) is 5.93. The van der Waals surface area contributed by atoms with Gasteiger partial charge >= 0.3 is 5.69 Å². The molecule has 2 aromatic heterocycles. The Morgan fingerprint density at radius 3 is 2.74 bits per heavy atom. The first-order chi connectivity index (χ1) is 11.2. The predicted molar refractivity (Wildman–Crippen MR) is 87.4 cm³/mol. The molecule has 0 saturated carbocycles. The molecule has 3 aromatic rings. The zero-order valence-corrected chi connectivity index (χ0v) is 13.0. The summed E-state index contributed by atoms with van der Waals surface area (Å²) in [5, 5.41) is 8.12. The van der Waals surface area contributed by atoms with Gasteiger partial charge in [0.25, 0.3) is 0 Å². The van der Waals surface area contributed by atoms with Crippen LogP contribution in [0.2, 0.25) is 0 Å². The fourth-order valence-corrected chi connectivity index (χ4v) is 3.15. The van der Waals surface area contributed by atoms with E-state index in [1.807, 2.05) is 25.4 Å². The maximum Gasteiger partial charge on any atom is 0.323 e. The van der Waals surface area contributed by atoms with Gasteiger partial charge in [0.15, 0.2) is 0 Å². The number of aromatic amines is 2. The number of aryl methyl sites for hydroxylation is 1. The molecule has 0 radical (unpaired) electrons. The van der Waals surface area contributed by atoms with E-state index in [0.717, 1.165) is 55.1 Å². The third-order valence-corrected chi connectivity index (χ3v) is 4.28. The summed E-state index contributed by atoms with van der Waals surface area (Å²) in [5.41, 5.74) is 3.67. The van der Waals surface area contributed by atoms with Gasteiger partial charge in [0.1, 0.15) is 0 Å². The average Bonchev–Trinajstić information content (AvgIpc) is 3.12. The quantitative estimate of drug-likeness (QED) is 0.727. The van der Waals surface area contributed by atoms with Crippen molar-refractivity contribution < 1.29 is 0 Å². The molecule has 8 heteroatoms. The molecule has 0 amide bonds. The summed E-state index contributed by atoms with van der Waals surface area (Å²) in [4.78, 5) is 21.9. The fraction of sp³-hybridized carbons (Fsp3) is 0.400. The molecule has 8 nitrogen and oxygen atoms in total. The van der Waals surface area contributed by atoms with Crippen molar-refractivity contribution in [3.63, 3.8) is 0 Å². The molecule has 2 N–H and O–H groups in total. The Kier molecular flexibility index (Phi) is 3.38. The fourth-order valence-electron chi connectivity index (χ4n) is 3.15. The Balaban J connectivity index is 1.47. The lowest BCUT2D eigenvalue weighted by atomic mass is 10.2. The van der Waals surface area contributed by atoms with Crippen LogP contribution in [0.25, 0.3) is 11.0 Å². The zero-order chi connectivity index (χ0) is 15.8. The molecule has 0 spiro atoms. The summed E-state index contributed by atoms with van der Waals surface area (Å²) in [6.45, 7) is 4.59. The summed E-state index contributed by atoms with van der Waals surface area (Å²) in [6, 6.07) is 5.96. The average molecular weight is 313 g/mol. The first-order valence-corrected chi connectivity index (χ1v) is 7.72. The first-order valence-electron chi connectivity index (χ1n) is 7.72. The van der Waals surface area contributed by atoms with Gasteiger partial charge in [0.2, 0.25) is 0 Å². The van der Waals surface area contributed by atoms with Crippen molar-refractivity contribution in [2.75, 3.05) is 31.1 Å². The number of para-hydroxylation sites is 1. The molecule has 0 aliphatic carbocycles. The maximum absolute atomic E-state index is 11.5. The molecule has 0 unspecified atom stereocenters. The molecule has 3 heterocycles. The van der Waals surface area contributed by atoms with Gasteiger partial charge in [-0.1, -0.05) is 11.3 Å². The molecule has 120 valence electrons. The molecular formula is C15H19N7O. The summed E-state index contributed by atoms with van der Waals surface area (Å²) in [6.07, 6.45) is 1.96. The summed E-state index contributed by atoms with van der Waals surface area (Å²) >= 11 is 0. The van der Waals surface area contributed by atoms with E-state index in [9.17, 15) is 4.79 Å². The number of rotatable bonds is 3. The smallest absolute Gasteiger partial charge is 0.323 e. The normalized spacial score (nSPS) is 16.3. The van der Waals surface area contributed by atoms with Crippen LogP contribution < -0.4 is 10.6 Å². The molecule has 0 bridgehead atoms. The molecule has 1 fully saturated rings. The lowest BCUT2D eigenvalue weighted by Crippen LogP contribution is -2.46.